The van der Waals surface area contributed by atoms with Gasteiger partial charge in [0.2, 0.25) is 5.91 Å². The monoisotopic (exact) mass is 299 g/mol. The van der Waals surface area contributed by atoms with E-state index in [1.165, 1.54) is 37.6 Å². The number of aryl methyl sites for hydroxylation is 1. The van der Waals surface area contributed by atoms with Gasteiger partial charge in [0.15, 0.2) is 0 Å². The summed E-state index contributed by atoms with van der Waals surface area (Å²) in [5.41, 5.74) is 3.02. The molecule has 118 valence electrons. The van der Waals surface area contributed by atoms with Crippen molar-refractivity contribution in [3.8, 4) is 0 Å². The lowest BCUT2D eigenvalue weighted by Gasteiger charge is -2.25. The number of aromatic nitrogens is 2. The molecule has 1 saturated carbocycles. The number of carbonyl (C=O) groups is 1. The van der Waals surface area contributed by atoms with Crippen molar-refractivity contribution in [2.45, 2.75) is 64.8 Å². The zero-order valence-corrected chi connectivity index (χ0v) is 13.6. The average Bonchev–Trinajstić information content (AvgIpc) is 2.83. The number of fused-ring (bicyclic) bond motifs is 1. The largest absolute Gasteiger partial charge is 0.326 e. The third-order valence-electron chi connectivity index (χ3n) is 4.57. The van der Waals surface area contributed by atoms with Gasteiger partial charge in [-0.1, -0.05) is 26.2 Å². The fraction of sp³-hybridized carbons (Fsp3) is 0.556. The maximum atomic E-state index is 11.7. The van der Waals surface area contributed by atoms with E-state index in [0.717, 1.165) is 23.4 Å². The zero-order chi connectivity index (χ0) is 15.5. The highest BCUT2D eigenvalue weighted by molar-refractivity contribution is 5.93. The maximum Gasteiger partial charge on any atom is 0.224 e. The Balaban J connectivity index is 1.89. The molecule has 1 aromatic carbocycles. The van der Waals surface area contributed by atoms with E-state index in [2.05, 4.69) is 22.9 Å². The number of nitrogens with zero attached hydrogens (tertiary/aromatic N) is 2. The fourth-order valence-electron chi connectivity index (χ4n) is 3.55. The molecule has 1 heterocycles. The van der Waals surface area contributed by atoms with Crippen molar-refractivity contribution in [2.24, 2.45) is 0 Å². The van der Waals surface area contributed by atoms with Gasteiger partial charge in [-0.25, -0.2) is 4.98 Å². The Morgan fingerprint density at radius 1 is 1.32 bits per heavy atom. The Morgan fingerprint density at radius 3 is 2.82 bits per heavy atom. The Hall–Kier alpha value is -1.84. The molecule has 0 unspecified atom stereocenters. The number of imidazole rings is 1. The topological polar surface area (TPSA) is 46.9 Å². The number of amides is 1. The van der Waals surface area contributed by atoms with Crippen molar-refractivity contribution in [1.82, 2.24) is 9.55 Å². The summed E-state index contributed by atoms with van der Waals surface area (Å²) in [6, 6.07) is 6.68. The van der Waals surface area contributed by atoms with Gasteiger partial charge in [-0.2, -0.15) is 0 Å². The summed E-state index contributed by atoms with van der Waals surface area (Å²) in [5, 5.41) is 2.96. The van der Waals surface area contributed by atoms with Crippen LogP contribution in [0.15, 0.2) is 18.2 Å². The molecule has 1 N–H and O–H groups in total. The van der Waals surface area contributed by atoms with E-state index in [9.17, 15) is 4.79 Å². The van der Waals surface area contributed by atoms with Crippen LogP contribution in [-0.4, -0.2) is 15.5 Å². The third-order valence-corrected chi connectivity index (χ3v) is 4.57. The molecule has 4 heteroatoms. The third kappa shape index (κ3) is 3.01. The van der Waals surface area contributed by atoms with Gasteiger partial charge >= 0.3 is 0 Å². The minimum absolute atomic E-state index is 0.0743. The number of hydrogen-bond acceptors (Lipinski definition) is 2. The van der Waals surface area contributed by atoms with Crippen molar-refractivity contribution in [3.63, 3.8) is 0 Å². The average molecular weight is 299 g/mol. The van der Waals surface area contributed by atoms with Gasteiger partial charge in [0.25, 0.3) is 0 Å². The second-order valence-corrected chi connectivity index (χ2v) is 6.32. The van der Waals surface area contributed by atoms with Crippen LogP contribution in [-0.2, 0) is 4.79 Å². The Kier molecular flexibility index (Phi) is 4.46. The SMILES string of the molecule is CCCC(=O)Nc1ccc2c(c1)nc(C)n2C1CCCCC1. The number of nitrogens with one attached hydrogen (secondary N) is 1. The lowest BCUT2D eigenvalue weighted by Crippen LogP contribution is -2.14. The molecule has 22 heavy (non-hydrogen) atoms. The van der Waals surface area contributed by atoms with Gasteiger partial charge in [0.1, 0.15) is 5.82 Å². The van der Waals surface area contributed by atoms with Gasteiger partial charge < -0.3 is 9.88 Å². The molecule has 1 fully saturated rings. The Morgan fingerprint density at radius 2 is 2.09 bits per heavy atom. The first-order chi connectivity index (χ1) is 10.7. The van der Waals surface area contributed by atoms with Crippen molar-refractivity contribution in [3.05, 3.63) is 24.0 Å². The Labute approximate surface area is 131 Å². The lowest BCUT2D eigenvalue weighted by atomic mass is 9.95. The summed E-state index contributed by atoms with van der Waals surface area (Å²) in [4.78, 5) is 16.4. The second kappa shape index (κ2) is 6.51. The molecular weight excluding hydrogens is 274 g/mol. The predicted octanol–water partition coefficient (Wildman–Crippen LogP) is 4.59. The van der Waals surface area contributed by atoms with Gasteiger partial charge in [0, 0.05) is 18.2 Å². The summed E-state index contributed by atoms with van der Waals surface area (Å²) in [6.45, 7) is 4.10. The highest BCUT2D eigenvalue weighted by Gasteiger charge is 2.19. The number of anilines is 1. The van der Waals surface area contributed by atoms with Crippen LogP contribution in [0.5, 0.6) is 0 Å². The molecule has 1 aliphatic carbocycles. The molecule has 4 nitrogen and oxygen atoms in total. The number of benzene rings is 1. The van der Waals surface area contributed by atoms with Crippen LogP contribution in [0.4, 0.5) is 5.69 Å². The summed E-state index contributed by atoms with van der Waals surface area (Å²) >= 11 is 0. The fourth-order valence-corrected chi connectivity index (χ4v) is 3.55. The van der Waals surface area contributed by atoms with E-state index in [1.807, 2.05) is 19.1 Å². The summed E-state index contributed by atoms with van der Waals surface area (Å²) in [7, 11) is 0. The highest BCUT2D eigenvalue weighted by atomic mass is 16.1. The highest BCUT2D eigenvalue weighted by Crippen LogP contribution is 2.33. The van der Waals surface area contributed by atoms with Crippen LogP contribution in [0.2, 0.25) is 0 Å². The molecule has 3 rings (SSSR count). The van der Waals surface area contributed by atoms with E-state index in [4.69, 9.17) is 4.98 Å². The molecule has 0 bridgehead atoms. The van der Waals surface area contributed by atoms with Gasteiger partial charge in [-0.05, 0) is 44.4 Å². The number of hydrogen-bond donors (Lipinski definition) is 1. The van der Waals surface area contributed by atoms with Crippen LogP contribution in [0.1, 0.15) is 63.7 Å². The van der Waals surface area contributed by atoms with E-state index in [-0.39, 0.29) is 5.91 Å². The van der Waals surface area contributed by atoms with E-state index < -0.39 is 0 Å². The normalized spacial score (nSPS) is 16.1. The molecule has 0 atom stereocenters. The van der Waals surface area contributed by atoms with Crippen molar-refractivity contribution in [2.75, 3.05) is 5.32 Å². The van der Waals surface area contributed by atoms with E-state index in [0.29, 0.717) is 12.5 Å². The first-order valence-electron chi connectivity index (χ1n) is 8.47. The quantitative estimate of drug-likeness (QED) is 0.897. The van der Waals surface area contributed by atoms with Crippen molar-refractivity contribution < 1.29 is 4.79 Å². The van der Waals surface area contributed by atoms with Crippen LogP contribution < -0.4 is 5.32 Å². The van der Waals surface area contributed by atoms with Crippen LogP contribution in [0.3, 0.4) is 0 Å². The van der Waals surface area contributed by atoms with Crippen LogP contribution >= 0.6 is 0 Å². The minimum atomic E-state index is 0.0743. The zero-order valence-electron chi connectivity index (χ0n) is 13.6. The van der Waals surface area contributed by atoms with Crippen molar-refractivity contribution in [1.29, 1.82) is 0 Å². The molecular formula is C18H25N3O. The first-order valence-corrected chi connectivity index (χ1v) is 8.47. The van der Waals surface area contributed by atoms with Crippen molar-refractivity contribution >= 4 is 22.6 Å². The predicted molar refractivity (Wildman–Crippen MR) is 90.1 cm³/mol. The standard InChI is InChI=1S/C18H25N3O/c1-3-7-18(22)20-14-10-11-17-16(12-14)19-13(2)21(17)15-8-5-4-6-9-15/h10-12,15H,3-9H2,1-2H3,(H,20,22). The minimum Gasteiger partial charge on any atom is -0.326 e. The van der Waals surface area contributed by atoms with Gasteiger partial charge in [0.05, 0.1) is 11.0 Å². The number of rotatable bonds is 4. The van der Waals surface area contributed by atoms with E-state index in [1.54, 1.807) is 0 Å². The van der Waals surface area contributed by atoms with E-state index >= 15 is 0 Å². The summed E-state index contributed by atoms with van der Waals surface area (Å²) in [5.74, 6) is 1.16. The molecule has 2 aromatic rings. The molecule has 1 amide bonds. The molecule has 1 aliphatic rings. The summed E-state index contributed by atoms with van der Waals surface area (Å²) < 4.78 is 2.39. The van der Waals surface area contributed by atoms with Gasteiger partial charge in [-0.3, -0.25) is 4.79 Å². The molecule has 0 spiro atoms. The molecule has 0 aliphatic heterocycles. The second-order valence-electron chi connectivity index (χ2n) is 6.32. The van der Waals surface area contributed by atoms with Crippen LogP contribution in [0.25, 0.3) is 11.0 Å². The number of carbonyl (C=O) groups excluding carboxylic acids is 1. The first kappa shape index (κ1) is 15.1. The molecule has 1 aromatic heterocycles. The molecule has 0 radical (unpaired) electrons. The lowest BCUT2D eigenvalue weighted by molar-refractivity contribution is -0.116. The smallest absolute Gasteiger partial charge is 0.224 e. The maximum absolute atomic E-state index is 11.7. The van der Waals surface area contributed by atoms with Gasteiger partial charge in [-0.15, -0.1) is 0 Å². The Bertz CT molecular complexity index is 668. The van der Waals surface area contributed by atoms with Crippen LogP contribution in [0, 0.1) is 6.92 Å². The molecule has 0 saturated heterocycles. The summed E-state index contributed by atoms with van der Waals surface area (Å²) in [6.07, 6.45) is 7.92.